The van der Waals surface area contributed by atoms with Gasteiger partial charge in [-0.1, -0.05) is 24.9 Å². The van der Waals surface area contributed by atoms with Crippen LogP contribution in [0.2, 0.25) is 5.02 Å². The molecular formula is C11H13ClN2. The summed E-state index contributed by atoms with van der Waals surface area (Å²) in [5.41, 5.74) is 2.15. The van der Waals surface area contributed by atoms with Crippen molar-refractivity contribution in [2.45, 2.75) is 26.3 Å². The molecule has 0 saturated carbocycles. The van der Waals surface area contributed by atoms with E-state index in [1.165, 1.54) is 12.8 Å². The standard InChI is InChI=1S/C11H13ClN2/c1-2-3-6-14-8-13-10-5-4-9(12)7-11(10)14/h4-5,7-8H,2-3,6H2,1H3. The molecule has 0 spiro atoms. The van der Waals surface area contributed by atoms with Crippen molar-refractivity contribution in [3.8, 4) is 0 Å². The van der Waals surface area contributed by atoms with Crippen LogP contribution in [0.1, 0.15) is 19.8 Å². The van der Waals surface area contributed by atoms with Gasteiger partial charge in [-0.25, -0.2) is 4.98 Å². The van der Waals surface area contributed by atoms with Gasteiger partial charge in [0.05, 0.1) is 17.4 Å². The lowest BCUT2D eigenvalue weighted by molar-refractivity contribution is 0.646. The van der Waals surface area contributed by atoms with Gasteiger partial charge < -0.3 is 4.57 Å². The molecule has 0 radical (unpaired) electrons. The molecule has 0 aliphatic carbocycles. The molecule has 1 aromatic heterocycles. The minimum atomic E-state index is 0.774. The number of unbranched alkanes of at least 4 members (excludes halogenated alkanes) is 1. The van der Waals surface area contributed by atoms with Crippen molar-refractivity contribution in [2.24, 2.45) is 0 Å². The topological polar surface area (TPSA) is 17.8 Å². The predicted molar refractivity (Wildman–Crippen MR) is 59.7 cm³/mol. The lowest BCUT2D eigenvalue weighted by Gasteiger charge is -2.02. The number of imidazole rings is 1. The van der Waals surface area contributed by atoms with E-state index in [-0.39, 0.29) is 0 Å². The largest absolute Gasteiger partial charge is 0.331 e. The monoisotopic (exact) mass is 208 g/mol. The van der Waals surface area contributed by atoms with Crippen molar-refractivity contribution < 1.29 is 0 Å². The Bertz CT molecular complexity index is 434. The first-order chi connectivity index (χ1) is 6.81. The quantitative estimate of drug-likeness (QED) is 0.755. The number of hydrogen-bond donors (Lipinski definition) is 0. The average molecular weight is 209 g/mol. The molecular weight excluding hydrogens is 196 g/mol. The van der Waals surface area contributed by atoms with Crippen LogP contribution in [-0.2, 0) is 6.54 Å². The zero-order valence-corrected chi connectivity index (χ0v) is 8.96. The SMILES string of the molecule is CCCCn1cnc2ccc(Cl)cc21. The van der Waals surface area contributed by atoms with Crippen LogP contribution in [0.4, 0.5) is 0 Å². The molecule has 2 aromatic rings. The van der Waals surface area contributed by atoms with E-state index in [9.17, 15) is 0 Å². The maximum atomic E-state index is 5.94. The summed E-state index contributed by atoms with van der Waals surface area (Å²) in [4.78, 5) is 4.32. The Morgan fingerprint density at radius 2 is 2.29 bits per heavy atom. The van der Waals surface area contributed by atoms with E-state index >= 15 is 0 Å². The molecule has 0 fully saturated rings. The third-order valence-corrected chi connectivity index (χ3v) is 2.57. The van der Waals surface area contributed by atoms with E-state index in [4.69, 9.17) is 11.6 Å². The number of aryl methyl sites for hydroxylation is 1. The van der Waals surface area contributed by atoms with Gasteiger partial charge in [0.15, 0.2) is 0 Å². The molecule has 0 saturated heterocycles. The molecule has 0 atom stereocenters. The van der Waals surface area contributed by atoms with E-state index in [1.807, 2.05) is 24.5 Å². The van der Waals surface area contributed by atoms with Gasteiger partial charge >= 0.3 is 0 Å². The van der Waals surface area contributed by atoms with Crippen molar-refractivity contribution in [3.63, 3.8) is 0 Å². The highest BCUT2D eigenvalue weighted by molar-refractivity contribution is 6.31. The summed E-state index contributed by atoms with van der Waals surface area (Å²) >= 11 is 5.94. The molecule has 0 N–H and O–H groups in total. The first-order valence-corrected chi connectivity index (χ1v) is 5.29. The third kappa shape index (κ3) is 1.75. The van der Waals surface area contributed by atoms with Gasteiger partial charge in [0.25, 0.3) is 0 Å². The summed E-state index contributed by atoms with van der Waals surface area (Å²) in [6, 6.07) is 5.81. The number of benzene rings is 1. The fraction of sp³-hybridized carbons (Fsp3) is 0.364. The van der Waals surface area contributed by atoms with E-state index in [2.05, 4.69) is 16.5 Å². The maximum Gasteiger partial charge on any atom is 0.0958 e. The van der Waals surface area contributed by atoms with E-state index in [1.54, 1.807) is 0 Å². The zero-order valence-electron chi connectivity index (χ0n) is 8.20. The van der Waals surface area contributed by atoms with Crippen molar-refractivity contribution in [1.29, 1.82) is 0 Å². The minimum absolute atomic E-state index is 0.774. The Morgan fingerprint density at radius 3 is 3.07 bits per heavy atom. The van der Waals surface area contributed by atoms with E-state index in [0.29, 0.717) is 0 Å². The summed E-state index contributed by atoms with van der Waals surface area (Å²) in [6.45, 7) is 3.21. The van der Waals surface area contributed by atoms with Gasteiger partial charge in [-0.3, -0.25) is 0 Å². The fourth-order valence-corrected chi connectivity index (χ4v) is 1.70. The van der Waals surface area contributed by atoms with E-state index in [0.717, 1.165) is 22.6 Å². The molecule has 1 heterocycles. The first-order valence-electron chi connectivity index (χ1n) is 4.91. The summed E-state index contributed by atoms with van der Waals surface area (Å²) < 4.78 is 2.16. The molecule has 2 rings (SSSR count). The molecule has 74 valence electrons. The normalized spacial score (nSPS) is 11.0. The van der Waals surface area contributed by atoms with Crippen molar-refractivity contribution in [2.75, 3.05) is 0 Å². The van der Waals surface area contributed by atoms with Crippen molar-refractivity contribution in [3.05, 3.63) is 29.5 Å². The van der Waals surface area contributed by atoms with Crippen LogP contribution in [0.3, 0.4) is 0 Å². The summed E-state index contributed by atoms with van der Waals surface area (Å²) in [5.74, 6) is 0. The van der Waals surface area contributed by atoms with Crippen LogP contribution in [0.5, 0.6) is 0 Å². The van der Waals surface area contributed by atoms with Crippen molar-refractivity contribution in [1.82, 2.24) is 9.55 Å². The Labute approximate surface area is 88.5 Å². The fourth-order valence-electron chi connectivity index (χ4n) is 1.54. The van der Waals surface area contributed by atoms with Gasteiger partial charge in [-0.05, 0) is 24.6 Å². The molecule has 14 heavy (non-hydrogen) atoms. The number of halogens is 1. The van der Waals surface area contributed by atoms with Crippen LogP contribution in [-0.4, -0.2) is 9.55 Å². The van der Waals surface area contributed by atoms with Gasteiger partial charge in [0, 0.05) is 11.6 Å². The summed E-state index contributed by atoms with van der Waals surface area (Å²) in [6.07, 6.45) is 4.26. The van der Waals surface area contributed by atoms with Crippen LogP contribution >= 0.6 is 11.6 Å². The van der Waals surface area contributed by atoms with Gasteiger partial charge in [-0.15, -0.1) is 0 Å². The number of aromatic nitrogens is 2. The molecule has 0 aliphatic heterocycles. The first kappa shape index (κ1) is 9.53. The number of hydrogen-bond acceptors (Lipinski definition) is 1. The lowest BCUT2D eigenvalue weighted by Crippen LogP contribution is -1.94. The van der Waals surface area contributed by atoms with Crippen LogP contribution in [0.15, 0.2) is 24.5 Å². The Morgan fingerprint density at radius 1 is 1.43 bits per heavy atom. The van der Waals surface area contributed by atoms with Crippen molar-refractivity contribution >= 4 is 22.6 Å². The second kappa shape index (κ2) is 4.01. The Balaban J connectivity index is 2.40. The van der Waals surface area contributed by atoms with Gasteiger partial charge in [0.1, 0.15) is 0 Å². The highest BCUT2D eigenvalue weighted by atomic mass is 35.5. The smallest absolute Gasteiger partial charge is 0.0958 e. The van der Waals surface area contributed by atoms with Crippen LogP contribution in [0, 0.1) is 0 Å². The molecule has 0 bridgehead atoms. The van der Waals surface area contributed by atoms with Crippen LogP contribution < -0.4 is 0 Å². The second-order valence-electron chi connectivity index (χ2n) is 3.42. The number of rotatable bonds is 3. The summed E-state index contributed by atoms with van der Waals surface area (Å²) in [7, 11) is 0. The average Bonchev–Trinajstić information content (AvgIpc) is 2.57. The molecule has 3 heteroatoms. The Hall–Kier alpha value is -1.02. The third-order valence-electron chi connectivity index (χ3n) is 2.34. The predicted octanol–water partition coefficient (Wildman–Crippen LogP) is 3.49. The minimum Gasteiger partial charge on any atom is -0.331 e. The molecule has 0 unspecified atom stereocenters. The highest BCUT2D eigenvalue weighted by Gasteiger charge is 2.01. The number of nitrogens with zero attached hydrogens (tertiary/aromatic N) is 2. The van der Waals surface area contributed by atoms with Gasteiger partial charge in [-0.2, -0.15) is 0 Å². The van der Waals surface area contributed by atoms with Crippen LogP contribution in [0.25, 0.3) is 11.0 Å². The highest BCUT2D eigenvalue weighted by Crippen LogP contribution is 2.18. The molecule has 2 nitrogen and oxygen atoms in total. The molecule has 0 aliphatic rings. The number of fused-ring (bicyclic) bond motifs is 1. The van der Waals surface area contributed by atoms with E-state index < -0.39 is 0 Å². The Kier molecular flexibility index (Phi) is 2.73. The molecule has 1 aromatic carbocycles. The van der Waals surface area contributed by atoms with Gasteiger partial charge in [0.2, 0.25) is 0 Å². The lowest BCUT2D eigenvalue weighted by atomic mass is 10.3. The molecule has 0 amide bonds. The second-order valence-corrected chi connectivity index (χ2v) is 3.86. The zero-order chi connectivity index (χ0) is 9.97. The summed E-state index contributed by atoms with van der Waals surface area (Å²) in [5, 5.41) is 0.774. The maximum absolute atomic E-state index is 5.94.